The molecule has 2 rings (SSSR count). The first kappa shape index (κ1) is 20.0. The predicted molar refractivity (Wildman–Crippen MR) is 98.9 cm³/mol. The fraction of sp³-hybridized carbons (Fsp3) is 0.667. The lowest BCUT2D eigenvalue weighted by Crippen LogP contribution is -2.45. The van der Waals surface area contributed by atoms with Gasteiger partial charge in [0.15, 0.2) is 11.5 Å². The first-order valence-corrected chi connectivity index (χ1v) is 10.5. The number of hydrogen-bond donors (Lipinski definition) is 0. The van der Waals surface area contributed by atoms with Crippen LogP contribution in [0.3, 0.4) is 0 Å². The highest BCUT2D eigenvalue weighted by molar-refractivity contribution is 7.89. The SMILES string of the molecule is CCOc1ccc(S(=O)(=O)N(C)C2CCN(CC)CC2)cc1OCC. The van der Waals surface area contributed by atoms with Gasteiger partial charge in [-0.1, -0.05) is 6.92 Å². The Hall–Kier alpha value is -1.31. The topological polar surface area (TPSA) is 59.1 Å². The molecule has 0 saturated carbocycles. The summed E-state index contributed by atoms with van der Waals surface area (Å²) in [7, 11) is -1.88. The number of rotatable bonds is 8. The van der Waals surface area contributed by atoms with Gasteiger partial charge < -0.3 is 14.4 Å². The third-order valence-electron chi connectivity index (χ3n) is 4.71. The van der Waals surface area contributed by atoms with Crippen LogP contribution in [0.1, 0.15) is 33.6 Å². The molecule has 6 nitrogen and oxygen atoms in total. The van der Waals surface area contributed by atoms with Crippen LogP contribution in [0.2, 0.25) is 0 Å². The third kappa shape index (κ3) is 4.65. The predicted octanol–water partition coefficient (Wildman–Crippen LogP) is 2.59. The summed E-state index contributed by atoms with van der Waals surface area (Å²) in [6, 6.07) is 4.88. The van der Waals surface area contributed by atoms with Crippen molar-refractivity contribution >= 4 is 10.0 Å². The molecule has 0 amide bonds. The zero-order valence-corrected chi connectivity index (χ0v) is 16.5. The van der Waals surface area contributed by atoms with E-state index in [4.69, 9.17) is 9.47 Å². The van der Waals surface area contributed by atoms with Crippen molar-refractivity contribution in [3.05, 3.63) is 18.2 Å². The average molecular weight is 371 g/mol. The lowest BCUT2D eigenvalue weighted by Gasteiger charge is -2.35. The standard InChI is InChI=1S/C18H30N2O4S/c1-5-20-12-10-15(11-13-20)19(4)25(21,22)16-8-9-17(23-6-2)18(14-16)24-7-3/h8-9,14-15H,5-7,10-13H2,1-4H3. The largest absolute Gasteiger partial charge is 0.490 e. The van der Waals surface area contributed by atoms with E-state index in [2.05, 4.69) is 11.8 Å². The Morgan fingerprint density at radius 2 is 1.68 bits per heavy atom. The van der Waals surface area contributed by atoms with Crippen molar-refractivity contribution in [3.63, 3.8) is 0 Å². The molecular weight excluding hydrogens is 340 g/mol. The first-order chi connectivity index (χ1) is 11.9. The van der Waals surface area contributed by atoms with E-state index < -0.39 is 10.0 Å². The normalized spacial score (nSPS) is 17.0. The Morgan fingerprint density at radius 3 is 2.24 bits per heavy atom. The molecule has 0 aromatic heterocycles. The van der Waals surface area contributed by atoms with Gasteiger partial charge in [0.2, 0.25) is 10.0 Å². The molecule has 1 aliphatic heterocycles. The second-order valence-electron chi connectivity index (χ2n) is 6.16. The van der Waals surface area contributed by atoms with Crippen LogP contribution in [0.5, 0.6) is 11.5 Å². The molecule has 0 atom stereocenters. The highest BCUT2D eigenvalue weighted by Gasteiger charge is 2.31. The molecule has 1 aromatic rings. The second-order valence-corrected chi connectivity index (χ2v) is 8.16. The van der Waals surface area contributed by atoms with Crippen molar-refractivity contribution in [1.29, 1.82) is 0 Å². The third-order valence-corrected chi connectivity index (χ3v) is 6.62. The summed E-state index contributed by atoms with van der Waals surface area (Å²) >= 11 is 0. The molecule has 0 spiro atoms. The maximum Gasteiger partial charge on any atom is 0.243 e. The average Bonchev–Trinajstić information content (AvgIpc) is 2.63. The minimum absolute atomic E-state index is 0.0370. The maximum atomic E-state index is 13.0. The molecule has 0 unspecified atom stereocenters. The van der Waals surface area contributed by atoms with Gasteiger partial charge in [0.05, 0.1) is 18.1 Å². The molecule has 25 heavy (non-hydrogen) atoms. The Kier molecular flexibility index (Phi) is 7.10. The van der Waals surface area contributed by atoms with Crippen molar-refractivity contribution in [2.75, 3.05) is 39.9 Å². The van der Waals surface area contributed by atoms with E-state index in [9.17, 15) is 8.42 Å². The van der Waals surface area contributed by atoms with E-state index >= 15 is 0 Å². The Morgan fingerprint density at radius 1 is 1.08 bits per heavy atom. The number of hydrogen-bond acceptors (Lipinski definition) is 5. The molecule has 1 fully saturated rings. The zero-order valence-electron chi connectivity index (χ0n) is 15.7. The Balaban J connectivity index is 2.21. The summed E-state index contributed by atoms with van der Waals surface area (Å²) in [6.07, 6.45) is 1.72. The molecule has 0 N–H and O–H groups in total. The Bertz CT molecular complexity index is 655. The highest BCUT2D eigenvalue weighted by atomic mass is 32.2. The van der Waals surface area contributed by atoms with Crippen molar-refractivity contribution in [3.8, 4) is 11.5 Å². The molecule has 1 aromatic carbocycles. The summed E-state index contributed by atoms with van der Waals surface area (Å²) in [5.41, 5.74) is 0. The number of ether oxygens (including phenoxy) is 2. The maximum absolute atomic E-state index is 13.0. The lowest BCUT2D eigenvalue weighted by atomic mass is 10.1. The Labute approximate surface area is 151 Å². The lowest BCUT2D eigenvalue weighted by molar-refractivity contribution is 0.176. The number of nitrogens with zero attached hydrogens (tertiary/aromatic N) is 2. The van der Waals surface area contributed by atoms with Gasteiger partial charge in [0.1, 0.15) is 0 Å². The van der Waals surface area contributed by atoms with Gasteiger partial charge in [-0.25, -0.2) is 8.42 Å². The summed E-state index contributed by atoms with van der Waals surface area (Å²) in [4.78, 5) is 2.60. The van der Waals surface area contributed by atoms with Gasteiger partial charge in [-0.3, -0.25) is 0 Å². The molecule has 0 radical (unpaired) electrons. The highest BCUT2D eigenvalue weighted by Crippen LogP contribution is 2.32. The molecule has 1 heterocycles. The summed E-state index contributed by atoms with van der Waals surface area (Å²) in [6.45, 7) is 9.73. The monoisotopic (exact) mass is 370 g/mol. The zero-order chi connectivity index (χ0) is 18.4. The molecule has 0 bridgehead atoms. The van der Waals surface area contributed by atoms with E-state index in [-0.39, 0.29) is 10.9 Å². The van der Waals surface area contributed by atoms with Crippen molar-refractivity contribution in [2.45, 2.75) is 44.6 Å². The minimum atomic E-state index is -3.56. The minimum Gasteiger partial charge on any atom is -0.490 e. The van der Waals surface area contributed by atoms with E-state index in [1.165, 1.54) is 4.31 Å². The number of sulfonamides is 1. The van der Waals surface area contributed by atoms with Crippen LogP contribution < -0.4 is 9.47 Å². The molecule has 142 valence electrons. The van der Waals surface area contributed by atoms with E-state index in [0.29, 0.717) is 24.7 Å². The van der Waals surface area contributed by atoms with Crippen LogP contribution in [0, 0.1) is 0 Å². The summed E-state index contributed by atoms with van der Waals surface area (Å²) in [5.74, 6) is 1.04. The van der Waals surface area contributed by atoms with E-state index in [1.54, 1.807) is 25.2 Å². The first-order valence-electron chi connectivity index (χ1n) is 9.04. The second kappa shape index (κ2) is 8.87. The molecule has 0 aliphatic carbocycles. The van der Waals surface area contributed by atoms with Gasteiger partial charge in [0.25, 0.3) is 0 Å². The van der Waals surface area contributed by atoms with Gasteiger partial charge in [0, 0.05) is 19.2 Å². The molecular formula is C18H30N2O4S. The van der Waals surface area contributed by atoms with Crippen molar-refractivity contribution in [2.24, 2.45) is 0 Å². The van der Waals surface area contributed by atoms with Gasteiger partial charge in [-0.2, -0.15) is 4.31 Å². The fourth-order valence-corrected chi connectivity index (χ4v) is 4.59. The van der Waals surface area contributed by atoms with Crippen molar-refractivity contribution < 1.29 is 17.9 Å². The van der Waals surface area contributed by atoms with Crippen molar-refractivity contribution in [1.82, 2.24) is 9.21 Å². The van der Waals surface area contributed by atoms with Crippen LogP contribution in [0.25, 0.3) is 0 Å². The van der Waals surface area contributed by atoms with Crippen LogP contribution in [0.15, 0.2) is 23.1 Å². The smallest absolute Gasteiger partial charge is 0.243 e. The number of likely N-dealkylation sites (tertiary alicyclic amines) is 1. The number of benzene rings is 1. The van der Waals surface area contributed by atoms with Crippen LogP contribution >= 0.6 is 0 Å². The van der Waals surface area contributed by atoms with Gasteiger partial charge in [-0.15, -0.1) is 0 Å². The van der Waals surface area contributed by atoms with E-state index in [0.717, 1.165) is 32.5 Å². The van der Waals surface area contributed by atoms with Crippen LogP contribution in [0.4, 0.5) is 0 Å². The molecule has 1 saturated heterocycles. The quantitative estimate of drug-likeness (QED) is 0.704. The van der Waals surface area contributed by atoms with Crippen LogP contribution in [-0.4, -0.2) is 63.6 Å². The number of piperidine rings is 1. The fourth-order valence-electron chi connectivity index (χ4n) is 3.15. The summed E-state index contributed by atoms with van der Waals surface area (Å²) < 4.78 is 38.7. The van der Waals surface area contributed by atoms with Gasteiger partial charge >= 0.3 is 0 Å². The van der Waals surface area contributed by atoms with Gasteiger partial charge in [-0.05, 0) is 58.5 Å². The van der Waals surface area contributed by atoms with Crippen LogP contribution in [-0.2, 0) is 10.0 Å². The molecule has 7 heteroatoms. The van der Waals surface area contributed by atoms with E-state index in [1.807, 2.05) is 13.8 Å². The molecule has 1 aliphatic rings. The summed E-state index contributed by atoms with van der Waals surface area (Å²) in [5, 5.41) is 0.